The molecule has 0 bridgehead atoms. The number of anilines is 1. The van der Waals surface area contributed by atoms with Crippen molar-refractivity contribution in [3.05, 3.63) is 18.2 Å². The summed E-state index contributed by atoms with van der Waals surface area (Å²) in [6, 6.07) is 5.11. The van der Waals surface area contributed by atoms with Crippen LogP contribution >= 0.6 is 0 Å². The lowest BCUT2D eigenvalue weighted by molar-refractivity contribution is 0.194. The van der Waals surface area contributed by atoms with Crippen LogP contribution in [0.4, 0.5) is 5.69 Å². The van der Waals surface area contributed by atoms with Gasteiger partial charge in [-0.15, -0.1) is 0 Å². The van der Waals surface area contributed by atoms with Crippen LogP contribution in [-0.4, -0.2) is 21.7 Å². The van der Waals surface area contributed by atoms with E-state index in [1.165, 1.54) is 0 Å². The van der Waals surface area contributed by atoms with Crippen molar-refractivity contribution in [1.82, 2.24) is 4.98 Å². The second kappa shape index (κ2) is 4.63. The number of hydrogen-bond donors (Lipinski definition) is 1. The molecule has 0 saturated heterocycles. The van der Waals surface area contributed by atoms with Gasteiger partial charge >= 0.3 is 0 Å². The second-order valence-corrected chi connectivity index (χ2v) is 4.44. The summed E-state index contributed by atoms with van der Waals surface area (Å²) in [5, 5.41) is 0.175. The fourth-order valence-electron chi connectivity index (χ4n) is 1.23. The Balaban J connectivity index is 2.28. The summed E-state index contributed by atoms with van der Waals surface area (Å²) in [7, 11) is -1.36. The van der Waals surface area contributed by atoms with Gasteiger partial charge in [0.25, 0.3) is 5.22 Å². The van der Waals surface area contributed by atoms with Gasteiger partial charge in [0.2, 0.25) is 0 Å². The maximum atomic E-state index is 11.7. The molecule has 1 unspecified atom stereocenters. The fraction of sp³-hybridized carbons (Fsp3) is 0.300. The number of oxazole rings is 1. The lowest BCUT2D eigenvalue weighted by Crippen LogP contribution is -2.02. The van der Waals surface area contributed by atoms with Gasteiger partial charge in [0, 0.05) is 18.4 Å². The first-order chi connectivity index (χ1) is 7.70. The Bertz CT molecular complexity index is 524. The van der Waals surface area contributed by atoms with E-state index < -0.39 is 10.8 Å². The van der Waals surface area contributed by atoms with Crippen LogP contribution in [0.2, 0.25) is 0 Å². The lowest BCUT2D eigenvalue weighted by Gasteiger charge is -1.96. The second-order valence-electron chi connectivity index (χ2n) is 3.16. The predicted octanol–water partition coefficient (Wildman–Crippen LogP) is 1.51. The van der Waals surface area contributed by atoms with E-state index in [9.17, 15) is 4.21 Å². The van der Waals surface area contributed by atoms with Crippen LogP contribution in [0.3, 0.4) is 0 Å². The Morgan fingerprint density at radius 3 is 3.12 bits per heavy atom. The summed E-state index contributed by atoms with van der Waals surface area (Å²) in [5.41, 5.74) is 7.38. The van der Waals surface area contributed by atoms with E-state index in [1.807, 2.05) is 6.92 Å². The number of nitrogens with two attached hydrogens (primary N) is 1. The van der Waals surface area contributed by atoms with Crippen molar-refractivity contribution >= 4 is 27.6 Å². The minimum Gasteiger partial charge on any atom is -0.429 e. The first kappa shape index (κ1) is 11.1. The zero-order valence-electron chi connectivity index (χ0n) is 8.80. The molecule has 0 aliphatic heterocycles. The maximum absolute atomic E-state index is 11.7. The molecule has 0 amide bonds. The molecule has 2 N–H and O–H groups in total. The summed E-state index contributed by atoms with van der Waals surface area (Å²) in [5.74, 6) is 0.0960. The Kier molecular flexibility index (Phi) is 3.21. The Hall–Kier alpha value is -1.40. The van der Waals surface area contributed by atoms with Gasteiger partial charge < -0.3 is 14.9 Å². The number of ether oxygens (including phenoxy) is 1. The maximum Gasteiger partial charge on any atom is 0.290 e. The molecule has 6 heteroatoms. The van der Waals surface area contributed by atoms with Gasteiger partial charge in [-0.3, -0.25) is 0 Å². The van der Waals surface area contributed by atoms with Crippen molar-refractivity contribution < 1.29 is 13.4 Å². The van der Waals surface area contributed by atoms with E-state index in [4.69, 9.17) is 14.9 Å². The number of nitrogen functional groups attached to an aromatic ring is 1. The van der Waals surface area contributed by atoms with E-state index in [1.54, 1.807) is 18.2 Å². The number of aromatic nitrogens is 1. The minimum absolute atomic E-state index is 0.0960. The van der Waals surface area contributed by atoms with E-state index in [-0.39, 0.29) is 11.2 Å². The average molecular weight is 240 g/mol. The molecule has 0 aliphatic carbocycles. The zero-order valence-corrected chi connectivity index (χ0v) is 9.62. The highest BCUT2D eigenvalue weighted by atomic mass is 32.2. The van der Waals surface area contributed by atoms with E-state index in [0.717, 1.165) is 0 Å². The third-order valence-corrected chi connectivity index (χ3v) is 2.93. The van der Waals surface area contributed by atoms with Gasteiger partial charge in [-0.1, -0.05) is 0 Å². The molecule has 0 radical (unpaired) electrons. The molecule has 1 aromatic heterocycles. The van der Waals surface area contributed by atoms with Crippen molar-refractivity contribution in [2.24, 2.45) is 0 Å². The normalized spacial score (nSPS) is 13.1. The van der Waals surface area contributed by atoms with Crippen molar-refractivity contribution in [2.45, 2.75) is 12.1 Å². The van der Waals surface area contributed by atoms with E-state index in [2.05, 4.69) is 4.98 Å². The van der Waals surface area contributed by atoms with Crippen molar-refractivity contribution in [1.29, 1.82) is 0 Å². The summed E-state index contributed by atoms with van der Waals surface area (Å²) < 4.78 is 22.0. The molecule has 2 rings (SSSR count). The van der Waals surface area contributed by atoms with Crippen LogP contribution in [0.25, 0.3) is 11.1 Å². The Morgan fingerprint density at radius 1 is 1.56 bits per heavy atom. The molecule has 0 aliphatic rings. The molecule has 5 nitrogen and oxygen atoms in total. The molecule has 1 atom stereocenters. The summed E-state index contributed by atoms with van der Waals surface area (Å²) in [4.78, 5) is 4.10. The van der Waals surface area contributed by atoms with E-state index >= 15 is 0 Å². The zero-order chi connectivity index (χ0) is 11.5. The monoisotopic (exact) mass is 240 g/mol. The number of fused-ring (bicyclic) bond motifs is 1. The first-order valence-corrected chi connectivity index (χ1v) is 6.15. The van der Waals surface area contributed by atoms with Crippen LogP contribution in [0.15, 0.2) is 27.8 Å². The molecule has 1 aromatic carbocycles. The highest BCUT2D eigenvalue weighted by Gasteiger charge is 2.12. The lowest BCUT2D eigenvalue weighted by atomic mass is 10.3. The molecular weight excluding hydrogens is 228 g/mol. The van der Waals surface area contributed by atoms with Crippen LogP contribution in [0.5, 0.6) is 0 Å². The molecule has 86 valence electrons. The molecule has 16 heavy (non-hydrogen) atoms. The molecule has 0 saturated carbocycles. The van der Waals surface area contributed by atoms with E-state index in [0.29, 0.717) is 23.4 Å². The number of nitrogens with zero attached hydrogens (tertiary/aromatic N) is 1. The molecular formula is C10H12N2O3S. The quantitative estimate of drug-likeness (QED) is 0.819. The Morgan fingerprint density at radius 2 is 2.38 bits per heavy atom. The molecule has 0 fully saturated rings. The number of hydrogen-bond acceptors (Lipinski definition) is 5. The fourth-order valence-corrected chi connectivity index (χ4v) is 2.03. The molecule has 0 spiro atoms. The number of benzene rings is 1. The van der Waals surface area contributed by atoms with Crippen LogP contribution in [0.1, 0.15) is 6.92 Å². The van der Waals surface area contributed by atoms with Crippen LogP contribution < -0.4 is 5.73 Å². The highest BCUT2D eigenvalue weighted by molar-refractivity contribution is 7.84. The minimum atomic E-state index is -1.36. The molecule has 1 heterocycles. The highest BCUT2D eigenvalue weighted by Crippen LogP contribution is 2.20. The SMILES string of the molecule is CCOCS(=O)c1nc2ccc(N)cc2o1. The van der Waals surface area contributed by atoms with Crippen molar-refractivity contribution in [3.8, 4) is 0 Å². The van der Waals surface area contributed by atoms with Gasteiger partial charge in [0.05, 0.1) is 0 Å². The van der Waals surface area contributed by atoms with Gasteiger partial charge in [0.15, 0.2) is 5.58 Å². The average Bonchev–Trinajstić information content (AvgIpc) is 2.68. The summed E-state index contributed by atoms with van der Waals surface area (Å²) in [6.45, 7) is 2.35. The van der Waals surface area contributed by atoms with Gasteiger partial charge in [-0.2, -0.15) is 0 Å². The Labute approximate surface area is 95.0 Å². The van der Waals surface area contributed by atoms with Crippen molar-refractivity contribution in [3.63, 3.8) is 0 Å². The molecule has 2 aromatic rings. The summed E-state index contributed by atoms with van der Waals surface area (Å²) in [6.07, 6.45) is 0. The number of rotatable bonds is 4. The largest absolute Gasteiger partial charge is 0.429 e. The third-order valence-electron chi connectivity index (χ3n) is 1.98. The predicted molar refractivity (Wildman–Crippen MR) is 61.3 cm³/mol. The first-order valence-electron chi connectivity index (χ1n) is 4.83. The van der Waals surface area contributed by atoms with Gasteiger partial charge in [0.1, 0.15) is 22.3 Å². The van der Waals surface area contributed by atoms with Crippen molar-refractivity contribution in [2.75, 3.05) is 18.3 Å². The summed E-state index contributed by atoms with van der Waals surface area (Å²) >= 11 is 0. The smallest absolute Gasteiger partial charge is 0.290 e. The van der Waals surface area contributed by atoms with Gasteiger partial charge in [-0.25, -0.2) is 9.19 Å². The van der Waals surface area contributed by atoms with Gasteiger partial charge in [-0.05, 0) is 19.1 Å². The van der Waals surface area contributed by atoms with Crippen LogP contribution in [-0.2, 0) is 15.5 Å². The topological polar surface area (TPSA) is 78.3 Å². The van der Waals surface area contributed by atoms with Crippen LogP contribution in [0, 0.1) is 0 Å². The third kappa shape index (κ3) is 2.23. The standard InChI is InChI=1S/C10H12N2O3S/c1-2-14-6-16(13)10-12-8-4-3-7(11)5-9(8)15-10/h3-5H,2,6,11H2,1H3.